The van der Waals surface area contributed by atoms with Crippen molar-refractivity contribution in [2.24, 2.45) is 5.73 Å². The second kappa shape index (κ2) is 5.11. The lowest BCUT2D eigenvalue weighted by atomic mass is 10.1. The molecule has 0 spiro atoms. The van der Waals surface area contributed by atoms with Gasteiger partial charge in [-0.1, -0.05) is 0 Å². The molecule has 0 rings (SSSR count). The number of rotatable bonds is 5. The molecular weight excluding hydrogens is 158 g/mol. The molecule has 2 N–H and O–H groups in total. The minimum Gasteiger partial charge on any atom is -0.464 e. The lowest BCUT2D eigenvalue weighted by molar-refractivity contribution is -0.153. The standard InChI is InChI=1S/C8H17NO3/c1-4-11-7(10)5-12-8(2,3)6-9/h4-6,9H2,1-3H3. The molecule has 0 saturated carbocycles. The van der Waals surface area contributed by atoms with Crippen molar-refractivity contribution in [2.45, 2.75) is 26.4 Å². The fourth-order valence-electron chi connectivity index (χ4n) is 0.516. The Morgan fingerprint density at radius 3 is 2.50 bits per heavy atom. The Balaban J connectivity index is 3.60. The Labute approximate surface area is 73.0 Å². The predicted molar refractivity (Wildman–Crippen MR) is 45.7 cm³/mol. The van der Waals surface area contributed by atoms with Gasteiger partial charge in [-0.3, -0.25) is 0 Å². The minimum absolute atomic E-state index is 0.0297. The molecule has 12 heavy (non-hydrogen) atoms. The summed E-state index contributed by atoms with van der Waals surface area (Å²) >= 11 is 0. The van der Waals surface area contributed by atoms with Crippen LogP contribution >= 0.6 is 0 Å². The zero-order valence-electron chi connectivity index (χ0n) is 7.92. The first kappa shape index (κ1) is 11.4. The highest BCUT2D eigenvalue weighted by molar-refractivity contribution is 5.70. The quantitative estimate of drug-likeness (QED) is 0.610. The van der Waals surface area contributed by atoms with Crippen LogP contribution in [0.1, 0.15) is 20.8 Å². The van der Waals surface area contributed by atoms with Crippen molar-refractivity contribution in [3.8, 4) is 0 Å². The molecule has 0 aliphatic carbocycles. The summed E-state index contributed by atoms with van der Waals surface area (Å²) in [5.74, 6) is -0.348. The van der Waals surface area contributed by atoms with E-state index in [0.717, 1.165) is 0 Å². The Hall–Kier alpha value is -0.610. The molecule has 0 atom stereocenters. The lowest BCUT2D eigenvalue weighted by Crippen LogP contribution is -2.36. The van der Waals surface area contributed by atoms with Crippen LogP contribution in [0, 0.1) is 0 Å². The molecule has 0 fully saturated rings. The maximum absolute atomic E-state index is 10.8. The Morgan fingerprint density at radius 2 is 2.08 bits per heavy atom. The van der Waals surface area contributed by atoms with Crippen molar-refractivity contribution in [1.82, 2.24) is 0 Å². The summed E-state index contributed by atoms with van der Waals surface area (Å²) in [4.78, 5) is 10.8. The molecule has 0 heterocycles. The van der Waals surface area contributed by atoms with E-state index in [9.17, 15) is 4.79 Å². The molecule has 4 nitrogen and oxygen atoms in total. The average molecular weight is 175 g/mol. The van der Waals surface area contributed by atoms with Crippen LogP contribution in [-0.2, 0) is 14.3 Å². The highest BCUT2D eigenvalue weighted by atomic mass is 16.6. The molecular formula is C8H17NO3. The van der Waals surface area contributed by atoms with Crippen LogP contribution in [0.25, 0.3) is 0 Å². The second-order valence-corrected chi connectivity index (χ2v) is 3.06. The van der Waals surface area contributed by atoms with Gasteiger partial charge in [-0.25, -0.2) is 4.79 Å². The van der Waals surface area contributed by atoms with E-state index in [1.807, 2.05) is 13.8 Å². The van der Waals surface area contributed by atoms with Crippen molar-refractivity contribution >= 4 is 5.97 Å². The maximum Gasteiger partial charge on any atom is 0.332 e. The summed E-state index contributed by atoms with van der Waals surface area (Å²) in [6.45, 7) is 6.14. The summed E-state index contributed by atoms with van der Waals surface area (Å²) < 4.78 is 9.87. The van der Waals surface area contributed by atoms with Crippen LogP contribution in [0.15, 0.2) is 0 Å². The van der Waals surface area contributed by atoms with Crippen LogP contribution in [0.5, 0.6) is 0 Å². The summed E-state index contributed by atoms with van der Waals surface area (Å²) in [5, 5.41) is 0. The van der Waals surface area contributed by atoms with Crippen molar-refractivity contribution in [2.75, 3.05) is 19.8 Å². The van der Waals surface area contributed by atoms with Crippen LogP contribution in [0.4, 0.5) is 0 Å². The predicted octanol–water partition coefficient (Wildman–Crippen LogP) is 0.303. The molecule has 0 radical (unpaired) electrons. The van der Waals surface area contributed by atoms with Crippen molar-refractivity contribution in [3.05, 3.63) is 0 Å². The van der Waals surface area contributed by atoms with Gasteiger partial charge in [0.1, 0.15) is 6.61 Å². The Morgan fingerprint density at radius 1 is 1.50 bits per heavy atom. The molecule has 0 saturated heterocycles. The number of carbonyl (C=O) groups is 1. The number of hydrogen-bond donors (Lipinski definition) is 1. The molecule has 4 heteroatoms. The van der Waals surface area contributed by atoms with Crippen molar-refractivity contribution in [1.29, 1.82) is 0 Å². The van der Waals surface area contributed by atoms with Crippen LogP contribution in [0.2, 0.25) is 0 Å². The fourth-order valence-corrected chi connectivity index (χ4v) is 0.516. The molecule has 0 aromatic heterocycles. The van der Waals surface area contributed by atoms with E-state index in [1.54, 1.807) is 6.92 Å². The normalized spacial score (nSPS) is 11.3. The molecule has 0 aliphatic rings. The summed E-state index contributed by atoms with van der Waals surface area (Å²) in [6.07, 6.45) is 0. The van der Waals surface area contributed by atoms with Crippen LogP contribution < -0.4 is 5.73 Å². The van der Waals surface area contributed by atoms with Gasteiger partial charge < -0.3 is 15.2 Å². The van der Waals surface area contributed by atoms with Crippen molar-refractivity contribution in [3.63, 3.8) is 0 Å². The molecule has 0 aromatic carbocycles. The third kappa shape index (κ3) is 5.09. The molecule has 0 aromatic rings. The Kier molecular flexibility index (Phi) is 4.85. The molecule has 0 bridgehead atoms. The van der Waals surface area contributed by atoms with Gasteiger partial charge in [-0.05, 0) is 20.8 Å². The molecule has 0 amide bonds. The average Bonchev–Trinajstić information content (AvgIpc) is 2.02. The van der Waals surface area contributed by atoms with Crippen LogP contribution in [-0.4, -0.2) is 31.3 Å². The van der Waals surface area contributed by atoms with Crippen molar-refractivity contribution < 1.29 is 14.3 Å². The molecule has 0 aliphatic heterocycles. The number of carbonyl (C=O) groups excluding carboxylic acids is 1. The number of esters is 1. The first-order valence-electron chi connectivity index (χ1n) is 4.01. The maximum atomic E-state index is 10.8. The van der Waals surface area contributed by atoms with E-state index in [0.29, 0.717) is 13.2 Å². The van der Waals surface area contributed by atoms with E-state index in [1.165, 1.54) is 0 Å². The third-order valence-corrected chi connectivity index (χ3v) is 1.38. The van der Waals surface area contributed by atoms with E-state index in [-0.39, 0.29) is 12.6 Å². The summed E-state index contributed by atoms with van der Waals surface area (Å²) in [6, 6.07) is 0. The van der Waals surface area contributed by atoms with E-state index < -0.39 is 5.60 Å². The van der Waals surface area contributed by atoms with Gasteiger partial charge in [-0.2, -0.15) is 0 Å². The van der Waals surface area contributed by atoms with Gasteiger partial charge in [0.25, 0.3) is 0 Å². The second-order valence-electron chi connectivity index (χ2n) is 3.06. The summed E-state index contributed by atoms with van der Waals surface area (Å²) in [5.41, 5.74) is 4.94. The molecule has 72 valence electrons. The van der Waals surface area contributed by atoms with Gasteiger partial charge >= 0.3 is 5.97 Å². The first-order valence-corrected chi connectivity index (χ1v) is 4.01. The fraction of sp³-hybridized carbons (Fsp3) is 0.875. The SMILES string of the molecule is CCOC(=O)COC(C)(C)CN. The number of hydrogen-bond acceptors (Lipinski definition) is 4. The van der Waals surface area contributed by atoms with E-state index in [4.69, 9.17) is 10.5 Å². The largest absolute Gasteiger partial charge is 0.464 e. The van der Waals surface area contributed by atoms with Crippen LogP contribution in [0.3, 0.4) is 0 Å². The zero-order chi connectivity index (χ0) is 9.61. The van der Waals surface area contributed by atoms with Gasteiger partial charge in [0.15, 0.2) is 0 Å². The monoisotopic (exact) mass is 175 g/mol. The first-order chi connectivity index (χ1) is 5.52. The van der Waals surface area contributed by atoms with Gasteiger partial charge in [0, 0.05) is 6.54 Å². The van der Waals surface area contributed by atoms with Gasteiger partial charge in [-0.15, -0.1) is 0 Å². The van der Waals surface area contributed by atoms with Gasteiger partial charge in [0.2, 0.25) is 0 Å². The lowest BCUT2D eigenvalue weighted by Gasteiger charge is -2.22. The number of nitrogens with two attached hydrogens (primary N) is 1. The highest BCUT2D eigenvalue weighted by Crippen LogP contribution is 2.05. The topological polar surface area (TPSA) is 61.5 Å². The molecule has 0 unspecified atom stereocenters. The van der Waals surface area contributed by atoms with E-state index in [2.05, 4.69) is 4.74 Å². The zero-order valence-corrected chi connectivity index (χ0v) is 7.92. The Bertz CT molecular complexity index is 145. The third-order valence-electron chi connectivity index (χ3n) is 1.38. The minimum atomic E-state index is -0.452. The highest BCUT2D eigenvalue weighted by Gasteiger charge is 2.17. The smallest absolute Gasteiger partial charge is 0.332 e. The summed E-state index contributed by atoms with van der Waals surface area (Å²) in [7, 11) is 0. The van der Waals surface area contributed by atoms with E-state index >= 15 is 0 Å². The number of ether oxygens (including phenoxy) is 2. The van der Waals surface area contributed by atoms with Gasteiger partial charge in [0.05, 0.1) is 12.2 Å².